The van der Waals surface area contributed by atoms with Gasteiger partial charge in [0, 0.05) is 19.1 Å². The first kappa shape index (κ1) is 17.8. The minimum absolute atomic E-state index is 0.0487. The zero-order chi connectivity index (χ0) is 17.6. The number of carbonyl (C=O) groups is 2. The number of fused-ring (bicyclic) bond motifs is 1. The molecule has 0 bridgehead atoms. The van der Waals surface area contributed by atoms with Crippen molar-refractivity contribution in [3.63, 3.8) is 0 Å². The molecule has 1 saturated heterocycles. The van der Waals surface area contributed by atoms with Crippen molar-refractivity contribution in [2.24, 2.45) is 5.92 Å². The summed E-state index contributed by atoms with van der Waals surface area (Å²) in [6.45, 7) is 1.52. The molecule has 1 aliphatic carbocycles. The van der Waals surface area contributed by atoms with Crippen molar-refractivity contribution in [2.75, 3.05) is 20.2 Å². The van der Waals surface area contributed by atoms with Crippen molar-refractivity contribution in [3.8, 4) is 5.75 Å². The van der Waals surface area contributed by atoms with Crippen LogP contribution >= 0.6 is 0 Å². The predicted molar refractivity (Wildman–Crippen MR) is 96.4 cm³/mol. The fourth-order valence-corrected chi connectivity index (χ4v) is 4.08. The van der Waals surface area contributed by atoms with Gasteiger partial charge < -0.3 is 15.0 Å². The molecule has 2 atom stereocenters. The van der Waals surface area contributed by atoms with Crippen LogP contribution in [0.25, 0.3) is 0 Å². The molecule has 25 heavy (non-hydrogen) atoms. The Morgan fingerprint density at radius 3 is 2.96 bits per heavy atom. The first-order valence-corrected chi connectivity index (χ1v) is 9.39. The van der Waals surface area contributed by atoms with Gasteiger partial charge in [-0.3, -0.25) is 9.59 Å². The lowest BCUT2D eigenvalue weighted by atomic mass is 9.98. The highest BCUT2D eigenvalue weighted by atomic mass is 16.5. The van der Waals surface area contributed by atoms with Gasteiger partial charge in [-0.2, -0.15) is 0 Å². The van der Waals surface area contributed by atoms with E-state index >= 15 is 0 Å². The Balaban J connectivity index is 1.75. The molecule has 1 N–H and O–H groups in total. The van der Waals surface area contributed by atoms with Gasteiger partial charge in [0.2, 0.25) is 11.8 Å². The summed E-state index contributed by atoms with van der Waals surface area (Å²) in [6, 6.07) is 7.72. The van der Waals surface area contributed by atoms with Crippen LogP contribution in [0.4, 0.5) is 0 Å². The Bertz CT molecular complexity index is 617. The van der Waals surface area contributed by atoms with E-state index in [-0.39, 0.29) is 23.8 Å². The Morgan fingerprint density at radius 2 is 2.12 bits per heavy atom. The maximum atomic E-state index is 13.0. The molecule has 0 radical (unpaired) electrons. The smallest absolute Gasteiger partial charge is 0.227 e. The van der Waals surface area contributed by atoms with Crippen LogP contribution in [-0.4, -0.2) is 43.0 Å². The molecule has 5 nitrogen and oxygen atoms in total. The van der Waals surface area contributed by atoms with E-state index < -0.39 is 0 Å². The van der Waals surface area contributed by atoms with Crippen LogP contribution in [0.1, 0.15) is 44.1 Å². The summed E-state index contributed by atoms with van der Waals surface area (Å²) >= 11 is 0. The quantitative estimate of drug-likeness (QED) is 0.917. The molecule has 5 heteroatoms. The Morgan fingerprint density at radius 1 is 1.24 bits per heavy atom. The zero-order valence-corrected chi connectivity index (χ0v) is 15.0. The van der Waals surface area contributed by atoms with Gasteiger partial charge in [0.15, 0.2) is 0 Å². The summed E-state index contributed by atoms with van der Waals surface area (Å²) < 4.78 is 5.25. The summed E-state index contributed by atoms with van der Waals surface area (Å²) in [5.74, 6) is 0.971. The summed E-state index contributed by atoms with van der Waals surface area (Å²) in [6.07, 6.45) is 6.24. The van der Waals surface area contributed by atoms with E-state index in [0.29, 0.717) is 6.42 Å². The summed E-state index contributed by atoms with van der Waals surface area (Å²) in [4.78, 5) is 27.5. The Kier molecular flexibility index (Phi) is 5.95. The average Bonchev–Trinajstić information content (AvgIpc) is 3.10. The zero-order valence-electron chi connectivity index (χ0n) is 15.0. The van der Waals surface area contributed by atoms with E-state index in [4.69, 9.17) is 4.74 Å². The molecule has 0 spiro atoms. The first-order chi connectivity index (χ1) is 12.2. The predicted octanol–water partition coefficient (Wildman–Crippen LogP) is 2.54. The van der Waals surface area contributed by atoms with E-state index in [1.54, 1.807) is 7.11 Å². The SMILES string of the molecule is COc1cccc(CC(=O)N2CCCCCNC(=O)[C@@H]3CCC[C@@H]32)c1. The lowest BCUT2D eigenvalue weighted by Crippen LogP contribution is -2.48. The number of methoxy groups -OCH3 is 1. The van der Waals surface area contributed by atoms with E-state index in [1.807, 2.05) is 29.2 Å². The van der Waals surface area contributed by atoms with Gasteiger partial charge in [0.1, 0.15) is 5.75 Å². The molecule has 2 amide bonds. The van der Waals surface area contributed by atoms with Gasteiger partial charge in [-0.25, -0.2) is 0 Å². The van der Waals surface area contributed by atoms with Gasteiger partial charge in [-0.15, -0.1) is 0 Å². The van der Waals surface area contributed by atoms with Crippen molar-refractivity contribution in [1.82, 2.24) is 10.2 Å². The van der Waals surface area contributed by atoms with Crippen LogP contribution in [0, 0.1) is 5.92 Å². The van der Waals surface area contributed by atoms with Gasteiger partial charge in [-0.1, -0.05) is 18.6 Å². The molecule has 1 aliphatic heterocycles. The highest BCUT2D eigenvalue weighted by Crippen LogP contribution is 2.31. The van der Waals surface area contributed by atoms with Gasteiger partial charge in [0.25, 0.3) is 0 Å². The number of hydrogen-bond donors (Lipinski definition) is 1. The van der Waals surface area contributed by atoms with Crippen LogP contribution in [0.5, 0.6) is 5.75 Å². The summed E-state index contributed by atoms with van der Waals surface area (Å²) in [5.41, 5.74) is 0.959. The highest BCUT2D eigenvalue weighted by molar-refractivity contribution is 5.83. The lowest BCUT2D eigenvalue weighted by molar-refractivity contribution is -0.136. The van der Waals surface area contributed by atoms with Gasteiger partial charge >= 0.3 is 0 Å². The Labute approximate surface area is 149 Å². The second-order valence-electron chi connectivity index (χ2n) is 7.07. The number of carbonyl (C=O) groups excluding carboxylic acids is 2. The number of amides is 2. The minimum Gasteiger partial charge on any atom is -0.497 e. The minimum atomic E-state index is -0.0487. The van der Waals surface area contributed by atoms with Crippen LogP contribution < -0.4 is 10.1 Å². The van der Waals surface area contributed by atoms with E-state index in [0.717, 1.165) is 62.9 Å². The normalized spacial score (nSPS) is 24.4. The van der Waals surface area contributed by atoms with Crippen molar-refractivity contribution in [2.45, 2.75) is 51.0 Å². The Hall–Kier alpha value is -2.04. The number of benzene rings is 1. The van der Waals surface area contributed by atoms with Gasteiger partial charge in [-0.05, 0) is 49.8 Å². The molecule has 1 saturated carbocycles. The van der Waals surface area contributed by atoms with E-state index in [1.165, 1.54) is 0 Å². The summed E-state index contributed by atoms with van der Waals surface area (Å²) in [5, 5.41) is 3.05. The van der Waals surface area contributed by atoms with Crippen LogP contribution in [-0.2, 0) is 16.0 Å². The van der Waals surface area contributed by atoms with Gasteiger partial charge in [0.05, 0.1) is 19.4 Å². The fourth-order valence-electron chi connectivity index (χ4n) is 4.08. The fraction of sp³-hybridized carbons (Fsp3) is 0.600. The van der Waals surface area contributed by atoms with Crippen LogP contribution in [0.3, 0.4) is 0 Å². The molecule has 0 unspecified atom stereocenters. The van der Waals surface area contributed by atoms with Crippen molar-refractivity contribution in [3.05, 3.63) is 29.8 Å². The average molecular weight is 344 g/mol. The molecule has 2 aliphatic rings. The molecule has 1 aromatic rings. The third-order valence-electron chi connectivity index (χ3n) is 5.40. The molecule has 0 aromatic heterocycles. The molecular weight excluding hydrogens is 316 g/mol. The second kappa shape index (κ2) is 8.37. The van der Waals surface area contributed by atoms with Crippen molar-refractivity contribution in [1.29, 1.82) is 0 Å². The van der Waals surface area contributed by atoms with Crippen molar-refractivity contribution < 1.29 is 14.3 Å². The maximum Gasteiger partial charge on any atom is 0.227 e. The molecule has 3 rings (SSSR count). The van der Waals surface area contributed by atoms with Crippen LogP contribution in [0.15, 0.2) is 24.3 Å². The largest absolute Gasteiger partial charge is 0.497 e. The lowest BCUT2D eigenvalue weighted by Gasteiger charge is -2.34. The second-order valence-corrected chi connectivity index (χ2v) is 7.07. The van der Waals surface area contributed by atoms with E-state index in [9.17, 15) is 9.59 Å². The third-order valence-corrected chi connectivity index (χ3v) is 5.40. The first-order valence-electron chi connectivity index (χ1n) is 9.39. The number of hydrogen-bond acceptors (Lipinski definition) is 3. The maximum absolute atomic E-state index is 13.0. The molecule has 1 aromatic carbocycles. The number of ether oxygens (including phenoxy) is 1. The van der Waals surface area contributed by atoms with E-state index in [2.05, 4.69) is 5.32 Å². The molecule has 1 heterocycles. The number of nitrogens with one attached hydrogen (secondary N) is 1. The monoisotopic (exact) mass is 344 g/mol. The highest BCUT2D eigenvalue weighted by Gasteiger charge is 2.38. The third kappa shape index (κ3) is 4.33. The summed E-state index contributed by atoms with van der Waals surface area (Å²) in [7, 11) is 1.63. The topological polar surface area (TPSA) is 58.6 Å². The standard InChI is InChI=1S/C20H28N2O3/c1-25-16-8-5-7-15(13-16)14-19(23)22-12-4-2-3-11-21-20(24)17-9-6-10-18(17)22/h5,7-8,13,17-18H,2-4,6,9-12,14H2,1H3,(H,21,24)/t17-,18+/m1/s1. The number of nitrogens with zero attached hydrogens (tertiary/aromatic N) is 1. The van der Waals surface area contributed by atoms with Crippen molar-refractivity contribution >= 4 is 11.8 Å². The van der Waals surface area contributed by atoms with Crippen LogP contribution in [0.2, 0.25) is 0 Å². The number of rotatable bonds is 3. The molecule has 2 fully saturated rings. The molecular formula is C20H28N2O3. The molecule has 136 valence electrons.